The third-order valence-electron chi connectivity index (χ3n) is 4.76. The monoisotopic (exact) mass is 430 g/mol. The summed E-state index contributed by atoms with van der Waals surface area (Å²) in [6, 6.07) is 16.5. The molecule has 5 nitrogen and oxygen atoms in total. The number of alkyl halides is 3. The summed E-state index contributed by atoms with van der Waals surface area (Å²) in [5.41, 5.74) is 0.440. The van der Waals surface area contributed by atoms with Crippen molar-refractivity contribution >= 4 is 22.6 Å². The molecule has 0 fully saturated rings. The quantitative estimate of drug-likeness (QED) is 0.539. The summed E-state index contributed by atoms with van der Waals surface area (Å²) in [4.78, 5) is 24.6. The number of rotatable bonds is 7. The zero-order chi connectivity index (χ0) is 22.4. The van der Waals surface area contributed by atoms with Crippen LogP contribution in [0.5, 0.6) is 0 Å². The van der Waals surface area contributed by atoms with Crippen molar-refractivity contribution in [1.29, 1.82) is 0 Å². The first kappa shape index (κ1) is 22.3. The number of hydrogen-bond donors (Lipinski definition) is 3. The molecule has 0 aliphatic carbocycles. The van der Waals surface area contributed by atoms with Gasteiger partial charge in [0.25, 0.3) is 0 Å². The molecule has 0 unspecified atom stereocenters. The Morgan fingerprint density at radius 2 is 1.55 bits per heavy atom. The SMILES string of the molecule is O=C(Cc1ccc2ccccc2c1)N[C@@H](CO)C(=O)NCc1ccc(C(F)(F)F)cc1. The number of aliphatic hydroxyl groups is 1. The smallest absolute Gasteiger partial charge is 0.394 e. The number of amides is 2. The molecule has 0 heterocycles. The lowest BCUT2D eigenvalue weighted by molar-refractivity contribution is -0.137. The minimum absolute atomic E-state index is 0.0337. The van der Waals surface area contributed by atoms with Crippen LogP contribution in [-0.2, 0) is 28.7 Å². The van der Waals surface area contributed by atoms with Crippen molar-refractivity contribution in [3.05, 3.63) is 83.4 Å². The highest BCUT2D eigenvalue weighted by Gasteiger charge is 2.30. The zero-order valence-corrected chi connectivity index (χ0v) is 16.4. The topological polar surface area (TPSA) is 78.4 Å². The van der Waals surface area contributed by atoms with Gasteiger partial charge in [-0.2, -0.15) is 13.2 Å². The van der Waals surface area contributed by atoms with Gasteiger partial charge < -0.3 is 15.7 Å². The predicted octanol–water partition coefficient (Wildman–Crippen LogP) is 3.19. The molecule has 162 valence electrons. The van der Waals surface area contributed by atoms with Gasteiger partial charge in [-0.1, -0.05) is 54.6 Å². The van der Waals surface area contributed by atoms with Crippen molar-refractivity contribution in [2.75, 3.05) is 6.61 Å². The van der Waals surface area contributed by atoms with E-state index in [1.807, 2.05) is 42.5 Å². The van der Waals surface area contributed by atoms with Gasteiger partial charge in [0.05, 0.1) is 18.6 Å². The minimum Gasteiger partial charge on any atom is -0.394 e. The van der Waals surface area contributed by atoms with Crippen molar-refractivity contribution < 1.29 is 27.9 Å². The van der Waals surface area contributed by atoms with E-state index >= 15 is 0 Å². The summed E-state index contributed by atoms with van der Waals surface area (Å²) in [5, 5.41) is 16.5. The molecule has 0 aliphatic heterocycles. The van der Waals surface area contributed by atoms with Gasteiger partial charge in [0.2, 0.25) is 11.8 Å². The number of nitrogens with one attached hydrogen (secondary N) is 2. The molecule has 0 radical (unpaired) electrons. The predicted molar refractivity (Wildman–Crippen MR) is 110 cm³/mol. The van der Waals surface area contributed by atoms with Gasteiger partial charge in [0.1, 0.15) is 6.04 Å². The molecule has 0 spiro atoms. The molecule has 8 heteroatoms. The molecule has 0 saturated carbocycles. The fourth-order valence-corrected chi connectivity index (χ4v) is 3.10. The van der Waals surface area contributed by atoms with Gasteiger partial charge >= 0.3 is 6.18 Å². The Balaban J connectivity index is 1.54. The highest BCUT2D eigenvalue weighted by Crippen LogP contribution is 2.29. The van der Waals surface area contributed by atoms with Gasteiger partial charge in [-0.25, -0.2) is 0 Å². The average molecular weight is 430 g/mol. The number of hydrogen-bond acceptors (Lipinski definition) is 3. The molecule has 3 aromatic rings. The maximum atomic E-state index is 12.6. The molecule has 2 amide bonds. The lowest BCUT2D eigenvalue weighted by Crippen LogP contribution is -2.49. The first-order valence-electron chi connectivity index (χ1n) is 9.58. The standard InChI is InChI=1S/C23H21F3N2O3/c24-23(25,26)19-9-6-15(7-10-19)13-27-22(31)20(14-29)28-21(30)12-16-5-8-17-3-1-2-4-18(17)11-16/h1-11,20,29H,12-14H2,(H,27,31)(H,28,30)/t20-/m0/s1. The van der Waals surface area contributed by atoms with Crippen LogP contribution < -0.4 is 10.6 Å². The summed E-state index contributed by atoms with van der Waals surface area (Å²) < 4.78 is 37.8. The number of halogens is 3. The molecular formula is C23H21F3N2O3. The molecule has 31 heavy (non-hydrogen) atoms. The summed E-state index contributed by atoms with van der Waals surface area (Å²) in [5.74, 6) is -1.06. The Hall–Kier alpha value is -3.39. The molecule has 0 bridgehead atoms. The van der Waals surface area contributed by atoms with Crippen LogP contribution in [0.25, 0.3) is 10.8 Å². The Kier molecular flexibility index (Phi) is 6.91. The summed E-state index contributed by atoms with van der Waals surface area (Å²) in [7, 11) is 0. The van der Waals surface area contributed by atoms with Crippen molar-refractivity contribution in [3.8, 4) is 0 Å². The first-order valence-corrected chi connectivity index (χ1v) is 9.58. The van der Waals surface area contributed by atoms with E-state index in [1.54, 1.807) is 0 Å². The molecule has 3 aromatic carbocycles. The van der Waals surface area contributed by atoms with Gasteiger partial charge in [-0.3, -0.25) is 9.59 Å². The van der Waals surface area contributed by atoms with E-state index in [-0.39, 0.29) is 13.0 Å². The van der Waals surface area contributed by atoms with Gasteiger partial charge in [-0.15, -0.1) is 0 Å². The van der Waals surface area contributed by atoms with Gasteiger partial charge in [-0.05, 0) is 34.0 Å². The van der Waals surface area contributed by atoms with Crippen molar-refractivity contribution in [1.82, 2.24) is 10.6 Å². The second-order valence-electron chi connectivity index (χ2n) is 7.07. The fourth-order valence-electron chi connectivity index (χ4n) is 3.10. The first-order chi connectivity index (χ1) is 14.8. The van der Waals surface area contributed by atoms with Crippen LogP contribution in [0.2, 0.25) is 0 Å². The third kappa shape index (κ3) is 6.05. The average Bonchev–Trinajstić information content (AvgIpc) is 2.75. The highest BCUT2D eigenvalue weighted by molar-refractivity contribution is 5.89. The molecular weight excluding hydrogens is 409 g/mol. The van der Waals surface area contributed by atoms with Crippen molar-refractivity contribution in [2.45, 2.75) is 25.2 Å². The minimum atomic E-state index is -4.43. The van der Waals surface area contributed by atoms with E-state index in [0.29, 0.717) is 5.56 Å². The van der Waals surface area contributed by atoms with E-state index in [9.17, 15) is 27.9 Å². The molecule has 0 saturated heterocycles. The molecule has 0 aliphatic rings. The summed E-state index contributed by atoms with van der Waals surface area (Å²) >= 11 is 0. The molecule has 0 aromatic heterocycles. The van der Waals surface area contributed by atoms with E-state index < -0.39 is 36.2 Å². The second-order valence-corrected chi connectivity index (χ2v) is 7.07. The summed E-state index contributed by atoms with van der Waals surface area (Å²) in [6.07, 6.45) is -4.40. The van der Waals surface area contributed by atoms with E-state index in [1.165, 1.54) is 12.1 Å². The van der Waals surface area contributed by atoms with Crippen LogP contribution in [0.1, 0.15) is 16.7 Å². The maximum Gasteiger partial charge on any atom is 0.416 e. The molecule has 3 rings (SSSR count). The Bertz CT molecular complexity index is 1070. The number of fused-ring (bicyclic) bond motifs is 1. The highest BCUT2D eigenvalue weighted by atomic mass is 19.4. The number of aliphatic hydroxyl groups excluding tert-OH is 1. The summed E-state index contributed by atoms with van der Waals surface area (Å²) in [6.45, 7) is -0.643. The van der Waals surface area contributed by atoms with Crippen molar-refractivity contribution in [3.63, 3.8) is 0 Å². The number of carbonyl (C=O) groups is 2. The number of benzene rings is 3. The normalized spacial score (nSPS) is 12.4. The third-order valence-corrected chi connectivity index (χ3v) is 4.76. The van der Waals surface area contributed by atoms with Crippen LogP contribution >= 0.6 is 0 Å². The van der Waals surface area contributed by atoms with Crippen LogP contribution in [0.3, 0.4) is 0 Å². The Labute approximate surface area is 176 Å². The zero-order valence-electron chi connectivity index (χ0n) is 16.4. The molecule has 3 N–H and O–H groups in total. The second kappa shape index (κ2) is 9.61. The van der Waals surface area contributed by atoms with Gasteiger partial charge in [0.15, 0.2) is 0 Å². The van der Waals surface area contributed by atoms with Crippen LogP contribution in [-0.4, -0.2) is 29.6 Å². The fraction of sp³-hybridized carbons (Fsp3) is 0.217. The lowest BCUT2D eigenvalue weighted by atomic mass is 10.0. The maximum absolute atomic E-state index is 12.6. The Morgan fingerprint density at radius 3 is 2.19 bits per heavy atom. The van der Waals surface area contributed by atoms with Gasteiger partial charge in [0, 0.05) is 6.54 Å². The van der Waals surface area contributed by atoms with Crippen molar-refractivity contribution in [2.24, 2.45) is 0 Å². The molecule has 1 atom stereocenters. The van der Waals surface area contributed by atoms with E-state index in [2.05, 4.69) is 10.6 Å². The lowest BCUT2D eigenvalue weighted by Gasteiger charge is -2.16. The van der Waals surface area contributed by atoms with Crippen LogP contribution in [0.4, 0.5) is 13.2 Å². The number of carbonyl (C=O) groups excluding carboxylic acids is 2. The van der Waals surface area contributed by atoms with Crippen LogP contribution in [0, 0.1) is 0 Å². The van der Waals surface area contributed by atoms with Crippen LogP contribution in [0.15, 0.2) is 66.7 Å². The largest absolute Gasteiger partial charge is 0.416 e. The van der Waals surface area contributed by atoms with E-state index in [4.69, 9.17) is 0 Å². The Morgan fingerprint density at radius 1 is 0.903 bits per heavy atom. The van der Waals surface area contributed by atoms with E-state index in [0.717, 1.165) is 28.5 Å².